The summed E-state index contributed by atoms with van der Waals surface area (Å²) in [5.41, 5.74) is 3.34. The highest BCUT2D eigenvalue weighted by atomic mass is 19.3. The van der Waals surface area contributed by atoms with E-state index in [2.05, 4.69) is 15.2 Å². The minimum Gasteiger partial charge on any atom is -0.484 e. The molecule has 3 rings (SSSR count). The lowest BCUT2D eigenvalue weighted by molar-refractivity contribution is -0.119. The van der Waals surface area contributed by atoms with E-state index in [9.17, 15) is 18.5 Å². The third-order valence-electron chi connectivity index (χ3n) is 5.47. The van der Waals surface area contributed by atoms with Crippen molar-refractivity contribution in [1.82, 2.24) is 14.7 Å². The zero-order chi connectivity index (χ0) is 24.6. The number of carbonyl (C=O) groups excluding carboxylic acids is 1. The van der Waals surface area contributed by atoms with Crippen LogP contribution in [-0.4, -0.2) is 46.2 Å². The first-order valence-corrected chi connectivity index (χ1v) is 11.0. The monoisotopic (exact) mass is 470 g/mol. The van der Waals surface area contributed by atoms with Crippen LogP contribution in [0.3, 0.4) is 0 Å². The molecule has 9 heteroatoms. The average molecular weight is 471 g/mol. The summed E-state index contributed by atoms with van der Waals surface area (Å²) in [5, 5.41) is 6.63. The van der Waals surface area contributed by atoms with Crippen molar-refractivity contribution in [3.8, 4) is 5.75 Å². The van der Waals surface area contributed by atoms with Crippen LogP contribution in [0.4, 0.5) is 8.78 Å². The number of allylic oxidation sites excluding steroid dienone is 5. The average Bonchev–Trinajstić information content (AvgIpc) is 3.15. The van der Waals surface area contributed by atoms with E-state index >= 15 is 0 Å². The van der Waals surface area contributed by atoms with Crippen molar-refractivity contribution in [3.63, 3.8) is 0 Å². The molecule has 0 N–H and O–H groups in total. The molecule has 1 aliphatic rings. The Bertz CT molecular complexity index is 1100. The van der Waals surface area contributed by atoms with Gasteiger partial charge in [0, 0.05) is 55.3 Å². The van der Waals surface area contributed by atoms with Crippen LogP contribution in [-0.2, 0) is 24.2 Å². The van der Waals surface area contributed by atoms with Gasteiger partial charge in [-0.05, 0) is 49.1 Å². The van der Waals surface area contributed by atoms with Crippen molar-refractivity contribution in [1.29, 1.82) is 0 Å². The maximum atomic E-state index is 13.6. The molecular formula is C25H28F2N4O3. The lowest BCUT2D eigenvalue weighted by Crippen LogP contribution is -2.25. The molecule has 1 aromatic heterocycles. The molecule has 2 heterocycles. The van der Waals surface area contributed by atoms with E-state index in [0.717, 1.165) is 50.5 Å². The Kier molecular flexibility index (Phi) is 8.59. The van der Waals surface area contributed by atoms with Gasteiger partial charge in [-0.3, -0.25) is 9.69 Å². The molecule has 1 aromatic carbocycles. The van der Waals surface area contributed by atoms with Gasteiger partial charge in [-0.1, -0.05) is 24.3 Å². The number of nitroso groups, excluding NO2 is 1. The molecule has 0 bridgehead atoms. The van der Waals surface area contributed by atoms with Crippen LogP contribution in [0.15, 0.2) is 65.6 Å². The largest absolute Gasteiger partial charge is 0.484 e. The molecule has 0 unspecified atom stereocenters. The topological polar surface area (TPSA) is 76.8 Å². The molecule has 180 valence electrons. The molecule has 0 spiro atoms. The number of amides is 1. The highest BCUT2D eigenvalue weighted by molar-refractivity contribution is 5.78. The van der Waals surface area contributed by atoms with Gasteiger partial charge in [0.1, 0.15) is 5.75 Å². The molecule has 0 fully saturated rings. The zero-order valence-corrected chi connectivity index (χ0v) is 19.3. The standard InChI is InChI=1S/C25H28F2N4O3/c1-3-5-22(25(2,26)27)6-4-11-31-17-19(15-28-31)16-30-12-9-20-7-8-23(14-21(20)10-13-30)34-18-24(32)29-33/h3-8,11,14-15,17H,9-10,12-13,16,18H2,1-2H3/b5-3-,11-4+,22-6+. The van der Waals surface area contributed by atoms with Crippen molar-refractivity contribution in [2.45, 2.75) is 39.2 Å². The van der Waals surface area contributed by atoms with E-state index < -0.39 is 11.8 Å². The van der Waals surface area contributed by atoms with E-state index in [-0.39, 0.29) is 12.2 Å². The number of halogens is 2. The fourth-order valence-corrected chi connectivity index (χ4v) is 3.73. The number of ether oxygens (including phenoxy) is 1. The zero-order valence-electron chi connectivity index (χ0n) is 19.3. The fraction of sp³-hybridized carbons (Fsp3) is 0.360. The summed E-state index contributed by atoms with van der Waals surface area (Å²) in [5.74, 6) is -3.20. The van der Waals surface area contributed by atoms with Crippen LogP contribution < -0.4 is 4.74 Å². The van der Waals surface area contributed by atoms with E-state index in [1.54, 1.807) is 42.2 Å². The first-order chi connectivity index (χ1) is 16.3. The Hall–Kier alpha value is -3.46. The Labute approximate surface area is 197 Å². The number of aromatic nitrogens is 2. The van der Waals surface area contributed by atoms with Crippen LogP contribution in [0.5, 0.6) is 5.75 Å². The predicted molar refractivity (Wildman–Crippen MR) is 126 cm³/mol. The van der Waals surface area contributed by atoms with E-state index in [1.807, 2.05) is 18.3 Å². The minimum absolute atomic E-state index is 0.0664. The van der Waals surface area contributed by atoms with Gasteiger partial charge >= 0.3 is 5.91 Å². The van der Waals surface area contributed by atoms with Crippen LogP contribution in [0, 0.1) is 4.91 Å². The number of alkyl halides is 2. The van der Waals surface area contributed by atoms with Crippen LogP contribution in [0.25, 0.3) is 6.20 Å². The molecule has 34 heavy (non-hydrogen) atoms. The first-order valence-electron chi connectivity index (χ1n) is 11.0. The molecule has 1 amide bonds. The van der Waals surface area contributed by atoms with E-state index in [1.165, 1.54) is 17.7 Å². The number of carbonyl (C=O) groups is 1. The highest BCUT2D eigenvalue weighted by Crippen LogP contribution is 2.25. The van der Waals surface area contributed by atoms with Gasteiger partial charge in [-0.15, -0.1) is 4.91 Å². The summed E-state index contributed by atoms with van der Waals surface area (Å²) in [7, 11) is 0. The summed E-state index contributed by atoms with van der Waals surface area (Å²) in [6.45, 7) is 4.65. The lowest BCUT2D eigenvalue weighted by Gasteiger charge is -2.18. The molecule has 0 radical (unpaired) electrons. The maximum Gasteiger partial charge on any atom is 0.323 e. The quantitative estimate of drug-likeness (QED) is 0.389. The second kappa shape index (κ2) is 11.6. The van der Waals surface area contributed by atoms with Crippen molar-refractivity contribution >= 4 is 12.1 Å². The highest BCUT2D eigenvalue weighted by Gasteiger charge is 2.24. The lowest BCUT2D eigenvalue weighted by atomic mass is 10.0. The third kappa shape index (κ3) is 7.28. The summed E-state index contributed by atoms with van der Waals surface area (Å²) < 4.78 is 34.1. The summed E-state index contributed by atoms with van der Waals surface area (Å²) in [4.78, 5) is 23.6. The molecule has 0 saturated heterocycles. The first kappa shape index (κ1) is 25.2. The van der Waals surface area contributed by atoms with Crippen molar-refractivity contribution in [2.24, 2.45) is 5.18 Å². The maximum absolute atomic E-state index is 13.6. The van der Waals surface area contributed by atoms with Gasteiger partial charge in [0.05, 0.1) is 6.20 Å². The van der Waals surface area contributed by atoms with Gasteiger partial charge in [-0.2, -0.15) is 5.10 Å². The molecule has 0 saturated carbocycles. The Morgan fingerprint density at radius 2 is 2.03 bits per heavy atom. The molecule has 1 aliphatic heterocycles. The molecular weight excluding hydrogens is 442 g/mol. The van der Waals surface area contributed by atoms with Crippen LogP contribution in [0.1, 0.15) is 30.5 Å². The second-order valence-electron chi connectivity index (χ2n) is 8.16. The van der Waals surface area contributed by atoms with Crippen LogP contribution in [0.2, 0.25) is 0 Å². The minimum atomic E-state index is -2.91. The normalized spacial score (nSPS) is 15.5. The van der Waals surface area contributed by atoms with Gasteiger partial charge < -0.3 is 4.74 Å². The van der Waals surface area contributed by atoms with E-state index in [4.69, 9.17) is 4.74 Å². The van der Waals surface area contributed by atoms with Crippen LogP contribution >= 0.6 is 0 Å². The Morgan fingerprint density at radius 1 is 1.26 bits per heavy atom. The summed E-state index contributed by atoms with van der Waals surface area (Å²) >= 11 is 0. The molecule has 7 nitrogen and oxygen atoms in total. The number of fused-ring (bicyclic) bond motifs is 1. The fourth-order valence-electron chi connectivity index (χ4n) is 3.73. The SMILES string of the molecule is C\C=C/C(=C\C=C\n1cc(CN2CCc3ccc(OCC(=O)N=O)cc3CC2)cn1)C(C)(F)F. The number of benzene rings is 1. The molecule has 0 aliphatic carbocycles. The third-order valence-corrected chi connectivity index (χ3v) is 5.47. The van der Waals surface area contributed by atoms with Crippen molar-refractivity contribution in [3.05, 3.63) is 82.1 Å². The summed E-state index contributed by atoms with van der Waals surface area (Å²) in [6, 6.07) is 5.70. The number of nitrogens with zero attached hydrogens (tertiary/aromatic N) is 4. The second-order valence-corrected chi connectivity index (χ2v) is 8.16. The van der Waals surface area contributed by atoms with Gasteiger partial charge in [0.15, 0.2) is 6.61 Å². The molecule has 2 aromatic rings. The number of hydrogen-bond donors (Lipinski definition) is 0. The number of rotatable bonds is 9. The summed E-state index contributed by atoms with van der Waals surface area (Å²) in [6.07, 6.45) is 12.9. The van der Waals surface area contributed by atoms with Gasteiger partial charge in [-0.25, -0.2) is 13.5 Å². The Balaban J connectivity index is 1.58. The van der Waals surface area contributed by atoms with Crippen molar-refractivity contribution in [2.75, 3.05) is 19.7 Å². The van der Waals surface area contributed by atoms with Crippen molar-refractivity contribution < 1.29 is 18.3 Å². The smallest absolute Gasteiger partial charge is 0.323 e. The number of hydrogen-bond acceptors (Lipinski definition) is 5. The van der Waals surface area contributed by atoms with Gasteiger partial charge in [0.25, 0.3) is 5.92 Å². The Morgan fingerprint density at radius 3 is 2.74 bits per heavy atom. The predicted octanol–water partition coefficient (Wildman–Crippen LogP) is 4.78. The molecule has 0 atom stereocenters. The van der Waals surface area contributed by atoms with E-state index in [0.29, 0.717) is 5.75 Å². The van der Waals surface area contributed by atoms with Gasteiger partial charge in [0.2, 0.25) is 0 Å².